The van der Waals surface area contributed by atoms with Gasteiger partial charge >= 0.3 is 6.09 Å². The maximum atomic E-state index is 12.8. The molecule has 6 rings (SSSR count). The molecule has 0 aromatic carbocycles. The molecule has 1 aliphatic heterocycles. The number of amides is 2. The van der Waals surface area contributed by atoms with Crippen LogP contribution in [0.1, 0.15) is 48.9 Å². The van der Waals surface area contributed by atoms with Gasteiger partial charge in [0.05, 0.1) is 11.2 Å². The second kappa shape index (κ2) is 6.83. The average molecular weight is 401 g/mol. The standard InChI is InChI=1S/C20H27N5O4/c21-17(26)14-8-22-18(23-9-14)24-15-1-2-25(10-15)19(27)29-16-12-3-11-4-13(16)7-20(28,5-11)6-12/h8-9,11-13,15-16,28H,1-7,10H2,(H2,21,26)(H,22,23,24)/t11?,12-,13?,15?,16?,20?/m1/s1. The van der Waals surface area contributed by atoms with Crippen LogP contribution in [0, 0.1) is 17.8 Å². The van der Waals surface area contributed by atoms with E-state index in [2.05, 4.69) is 15.3 Å². The Morgan fingerprint density at radius 3 is 2.52 bits per heavy atom. The van der Waals surface area contributed by atoms with Gasteiger partial charge in [0.25, 0.3) is 5.91 Å². The van der Waals surface area contributed by atoms with Crippen molar-refractivity contribution in [2.45, 2.75) is 56.3 Å². The summed E-state index contributed by atoms with van der Waals surface area (Å²) in [6.07, 6.45) is 7.82. The third-order valence-electron chi connectivity index (χ3n) is 7.11. The minimum absolute atomic E-state index is 0.0289. The highest BCUT2D eigenvalue weighted by Crippen LogP contribution is 2.56. The molecule has 4 saturated carbocycles. The summed E-state index contributed by atoms with van der Waals surface area (Å²) in [5, 5.41) is 13.9. The van der Waals surface area contributed by atoms with E-state index in [1.165, 1.54) is 12.4 Å². The molecule has 9 heteroatoms. The molecular weight excluding hydrogens is 374 g/mol. The SMILES string of the molecule is NC(=O)c1cnc(NC2CCN(C(=O)OC3C4CC5C[C@@H]3CC(O)(C5)C4)C2)nc1. The highest BCUT2D eigenvalue weighted by Gasteiger charge is 2.56. The zero-order chi connectivity index (χ0) is 20.2. The molecule has 2 amide bonds. The number of anilines is 1. The van der Waals surface area contributed by atoms with Crippen LogP contribution in [0.25, 0.3) is 0 Å². The summed E-state index contributed by atoms with van der Waals surface area (Å²) in [7, 11) is 0. The monoisotopic (exact) mass is 401 g/mol. The molecule has 156 valence electrons. The Morgan fingerprint density at radius 2 is 1.90 bits per heavy atom. The zero-order valence-corrected chi connectivity index (χ0v) is 16.3. The quantitative estimate of drug-likeness (QED) is 0.689. The van der Waals surface area contributed by atoms with E-state index in [0.717, 1.165) is 38.5 Å². The summed E-state index contributed by atoms with van der Waals surface area (Å²) in [5.74, 6) is 1.02. The first-order valence-electron chi connectivity index (χ1n) is 10.4. The maximum Gasteiger partial charge on any atom is 0.410 e. The lowest BCUT2D eigenvalue weighted by Gasteiger charge is -2.57. The van der Waals surface area contributed by atoms with Gasteiger partial charge in [-0.05, 0) is 56.3 Å². The van der Waals surface area contributed by atoms with Crippen LogP contribution in [0.5, 0.6) is 0 Å². The Morgan fingerprint density at radius 1 is 1.21 bits per heavy atom. The Balaban J connectivity index is 1.16. The van der Waals surface area contributed by atoms with Gasteiger partial charge in [-0.15, -0.1) is 0 Å². The van der Waals surface area contributed by atoms with Crippen LogP contribution in [0.4, 0.5) is 10.7 Å². The van der Waals surface area contributed by atoms with Gasteiger partial charge < -0.3 is 25.8 Å². The van der Waals surface area contributed by atoms with E-state index >= 15 is 0 Å². The third-order valence-corrected chi connectivity index (χ3v) is 7.11. The Kier molecular flexibility index (Phi) is 4.38. The summed E-state index contributed by atoms with van der Waals surface area (Å²) in [6.45, 7) is 1.14. The molecule has 4 bridgehead atoms. The third kappa shape index (κ3) is 3.52. The summed E-state index contributed by atoms with van der Waals surface area (Å²) in [5.41, 5.74) is 4.93. The van der Waals surface area contributed by atoms with E-state index in [4.69, 9.17) is 10.5 Å². The van der Waals surface area contributed by atoms with Crippen LogP contribution in [0.3, 0.4) is 0 Å². The van der Waals surface area contributed by atoms with Crippen LogP contribution in [-0.4, -0.2) is 62.8 Å². The predicted molar refractivity (Wildman–Crippen MR) is 103 cm³/mol. The van der Waals surface area contributed by atoms with E-state index in [-0.39, 0.29) is 23.8 Å². The molecule has 0 radical (unpaired) electrons. The van der Waals surface area contributed by atoms with Gasteiger partial charge in [0, 0.05) is 31.5 Å². The molecule has 2 heterocycles. The van der Waals surface area contributed by atoms with Gasteiger partial charge in [0.15, 0.2) is 0 Å². The lowest BCUT2D eigenvalue weighted by atomic mass is 9.53. The van der Waals surface area contributed by atoms with Crippen LogP contribution in [0.2, 0.25) is 0 Å². The number of likely N-dealkylation sites (tertiary alicyclic amines) is 1. The van der Waals surface area contributed by atoms with Crippen molar-refractivity contribution in [3.63, 3.8) is 0 Å². The number of nitrogens with zero attached hydrogens (tertiary/aromatic N) is 3. The number of rotatable bonds is 4. The van der Waals surface area contributed by atoms with Crippen LogP contribution < -0.4 is 11.1 Å². The van der Waals surface area contributed by atoms with Crippen LogP contribution >= 0.6 is 0 Å². The largest absolute Gasteiger partial charge is 0.446 e. The van der Waals surface area contributed by atoms with Crippen molar-refractivity contribution in [3.8, 4) is 0 Å². The minimum Gasteiger partial charge on any atom is -0.446 e. The summed E-state index contributed by atoms with van der Waals surface area (Å²) >= 11 is 0. The molecule has 1 aromatic heterocycles. The van der Waals surface area contributed by atoms with Gasteiger partial charge in [-0.25, -0.2) is 14.8 Å². The fourth-order valence-electron chi connectivity index (χ4n) is 6.07. The van der Waals surface area contributed by atoms with E-state index in [1.807, 2.05) is 0 Å². The predicted octanol–water partition coefficient (Wildman–Crippen LogP) is 1.14. The molecule has 4 aliphatic carbocycles. The molecule has 6 atom stereocenters. The Bertz CT molecular complexity index is 800. The van der Waals surface area contributed by atoms with Gasteiger partial charge in [0.2, 0.25) is 5.95 Å². The molecular formula is C20H27N5O4. The molecule has 0 spiro atoms. The second-order valence-corrected chi connectivity index (χ2v) is 9.28. The van der Waals surface area contributed by atoms with E-state index in [9.17, 15) is 14.7 Å². The van der Waals surface area contributed by atoms with E-state index < -0.39 is 11.5 Å². The van der Waals surface area contributed by atoms with Gasteiger partial charge in [-0.2, -0.15) is 0 Å². The van der Waals surface area contributed by atoms with E-state index in [0.29, 0.717) is 36.8 Å². The number of primary amides is 1. The number of nitrogens with two attached hydrogens (primary N) is 1. The summed E-state index contributed by atoms with van der Waals surface area (Å²) in [4.78, 5) is 33.8. The molecule has 9 nitrogen and oxygen atoms in total. The lowest BCUT2D eigenvalue weighted by molar-refractivity contribution is -0.177. The van der Waals surface area contributed by atoms with Crippen molar-refractivity contribution in [2.75, 3.05) is 18.4 Å². The van der Waals surface area contributed by atoms with Crippen molar-refractivity contribution in [3.05, 3.63) is 18.0 Å². The lowest BCUT2D eigenvalue weighted by Crippen LogP contribution is -2.58. The van der Waals surface area contributed by atoms with Gasteiger partial charge in [-0.1, -0.05) is 0 Å². The van der Waals surface area contributed by atoms with Gasteiger partial charge in [-0.3, -0.25) is 4.79 Å². The number of aromatic nitrogens is 2. The van der Waals surface area contributed by atoms with Gasteiger partial charge in [0.1, 0.15) is 6.10 Å². The smallest absolute Gasteiger partial charge is 0.410 e. The number of nitrogens with one attached hydrogen (secondary N) is 1. The highest BCUT2D eigenvalue weighted by molar-refractivity contribution is 5.92. The normalized spacial score (nSPS) is 37.6. The number of ether oxygens (including phenoxy) is 1. The maximum absolute atomic E-state index is 12.8. The molecule has 5 unspecified atom stereocenters. The average Bonchev–Trinajstić information content (AvgIpc) is 3.12. The molecule has 4 N–H and O–H groups in total. The molecule has 1 saturated heterocycles. The van der Waals surface area contributed by atoms with Crippen molar-refractivity contribution >= 4 is 17.9 Å². The number of hydrogen-bond acceptors (Lipinski definition) is 7. The second-order valence-electron chi connectivity index (χ2n) is 9.28. The summed E-state index contributed by atoms with van der Waals surface area (Å²) in [6, 6.07) is 0.0289. The summed E-state index contributed by atoms with van der Waals surface area (Å²) < 4.78 is 5.96. The molecule has 29 heavy (non-hydrogen) atoms. The highest BCUT2D eigenvalue weighted by atomic mass is 16.6. The number of carbonyl (C=O) groups excluding carboxylic acids is 2. The van der Waals surface area contributed by atoms with Crippen molar-refractivity contribution in [1.82, 2.24) is 14.9 Å². The minimum atomic E-state index is -0.566. The van der Waals surface area contributed by atoms with Crippen LogP contribution in [0.15, 0.2) is 12.4 Å². The van der Waals surface area contributed by atoms with Crippen molar-refractivity contribution < 1.29 is 19.4 Å². The van der Waals surface area contributed by atoms with Crippen LogP contribution in [-0.2, 0) is 4.74 Å². The number of aliphatic hydroxyl groups is 1. The first-order chi connectivity index (χ1) is 13.9. The fraction of sp³-hybridized carbons (Fsp3) is 0.700. The van der Waals surface area contributed by atoms with Crippen molar-refractivity contribution in [1.29, 1.82) is 0 Å². The molecule has 1 aromatic rings. The van der Waals surface area contributed by atoms with Crippen molar-refractivity contribution in [2.24, 2.45) is 23.5 Å². The first kappa shape index (κ1) is 18.6. The first-order valence-corrected chi connectivity index (χ1v) is 10.4. The Labute approximate surface area is 169 Å². The molecule has 5 aliphatic rings. The number of hydrogen-bond donors (Lipinski definition) is 3. The van der Waals surface area contributed by atoms with E-state index in [1.54, 1.807) is 4.90 Å². The number of carbonyl (C=O) groups is 2. The molecule has 5 fully saturated rings. The Hall–Kier alpha value is -2.42. The zero-order valence-electron chi connectivity index (χ0n) is 16.3. The topological polar surface area (TPSA) is 131 Å². The fourth-order valence-corrected chi connectivity index (χ4v) is 6.07.